The minimum absolute atomic E-state index is 0.0517. The molecule has 4 rings (SSSR count). The molecule has 2 heterocycles. The SMILES string of the molecule is O=C(CCOCCOCCOCCOCCOCCOCCOCCOCCOCCOCCOCCOCCNC(=O)OCc1ccc(-c2nnc(-c3ccccc3)nn2)cc1)ON1C(=O)CCC1=O. The molecule has 1 aliphatic heterocycles. The van der Waals surface area contributed by atoms with Crippen LogP contribution < -0.4 is 5.32 Å². The number of nitrogens with one attached hydrogen (secondary N) is 1. The Hall–Kier alpha value is -5.22. The summed E-state index contributed by atoms with van der Waals surface area (Å²) in [5.41, 5.74) is 2.39. The van der Waals surface area contributed by atoms with Crippen molar-refractivity contribution in [3.63, 3.8) is 0 Å². The Morgan fingerprint density at radius 3 is 1.15 bits per heavy atom. The molecule has 24 nitrogen and oxygen atoms in total. The molecule has 2 aromatic carbocycles. The van der Waals surface area contributed by atoms with Gasteiger partial charge in [0.25, 0.3) is 11.8 Å². The molecule has 1 saturated heterocycles. The lowest BCUT2D eigenvalue weighted by Crippen LogP contribution is -2.32. The van der Waals surface area contributed by atoms with Crippen LogP contribution in [0.2, 0.25) is 0 Å². The minimum atomic E-state index is -0.706. The third kappa shape index (κ3) is 28.4. The van der Waals surface area contributed by atoms with Crippen LogP contribution in [-0.2, 0) is 87.4 Å². The van der Waals surface area contributed by atoms with Gasteiger partial charge in [-0.15, -0.1) is 25.5 Å². The number of hydrogen-bond donors (Lipinski definition) is 1. The van der Waals surface area contributed by atoms with Gasteiger partial charge in [0.2, 0.25) is 11.6 Å². The highest BCUT2D eigenvalue weighted by molar-refractivity contribution is 6.01. The number of nitrogens with zero attached hydrogens (tertiary/aromatic N) is 5. The van der Waals surface area contributed by atoms with E-state index in [2.05, 4.69) is 25.7 Å². The van der Waals surface area contributed by atoms with E-state index in [1.807, 2.05) is 54.6 Å². The fourth-order valence-electron chi connectivity index (χ4n) is 5.70. The van der Waals surface area contributed by atoms with Crippen LogP contribution in [0.15, 0.2) is 54.6 Å². The Balaban J connectivity index is 0.763. The fraction of sp³-hybridized carbons (Fsp3) is 0.617. The lowest BCUT2D eigenvalue weighted by atomic mass is 10.1. The van der Waals surface area contributed by atoms with Gasteiger partial charge in [-0.25, -0.2) is 9.59 Å². The Labute approximate surface area is 413 Å². The first-order valence-corrected chi connectivity index (χ1v) is 23.6. The van der Waals surface area contributed by atoms with Gasteiger partial charge in [0, 0.05) is 30.5 Å². The number of aromatic nitrogens is 4. The number of carbonyl (C=O) groups excluding carboxylic acids is 4. The van der Waals surface area contributed by atoms with Crippen LogP contribution in [-0.4, -0.2) is 214 Å². The number of imide groups is 1. The van der Waals surface area contributed by atoms with Crippen molar-refractivity contribution in [3.8, 4) is 22.8 Å². The van der Waals surface area contributed by atoms with E-state index in [1.54, 1.807) is 0 Å². The van der Waals surface area contributed by atoms with Crippen molar-refractivity contribution in [2.24, 2.45) is 0 Å². The van der Waals surface area contributed by atoms with Crippen molar-refractivity contribution in [1.29, 1.82) is 0 Å². The van der Waals surface area contributed by atoms with Crippen LogP contribution >= 0.6 is 0 Å². The monoisotopic (exact) mass is 1000 g/mol. The number of alkyl carbamates (subject to hydrolysis) is 1. The Bertz CT molecular complexity index is 1840. The normalized spacial score (nSPS) is 12.5. The van der Waals surface area contributed by atoms with Gasteiger partial charge >= 0.3 is 12.1 Å². The van der Waals surface area contributed by atoms with E-state index >= 15 is 0 Å². The zero-order valence-electron chi connectivity index (χ0n) is 40.3. The first-order chi connectivity index (χ1) is 35.0. The molecular formula is C47H68N6O18. The standard InChI is InChI=1S/C47H68N6O18/c54-42-10-11-43(55)53(42)71-44(56)12-14-58-16-18-60-20-22-62-24-26-64-28-30-66-32-34-68-36-37-69-35-33-67-31-29-65-27-25-63-23-21-61-19-17-59-15-13-48-47(57)70-38-39-6-8-41(9-7-39)46-51-49-45(50-52-46)40-4-2-1-3-5-40/h1-9H,10-38H2,(H,48,57). The molecule has 0 unspecified atom stereocenters. The summed E-state index contributed by atoms with van der Waals surface area (Å²) in [6, 6.07) is 16.8. The van der Waals surface area contributed by atoms with Gasteiger partial charge in [-0.3, -0.25) is 9.59 Å². The van der Waals surface area contributed by atoms with E-state index in [1.165, 1.54) is 0 Å². The zero-order chi connectivity index (χ0) is 50.1. The predicted octanol–water partition coefficient (Wildman–Crippen LogP) is 2.02. The molecule has 0 spiro atoms. The van der Waals surface area contributed by atoms with Crippen molar-refractivity contribution in [2.75, 3.05) is 165 Å². The number of carbonyl (C=O) groups is 4. The summed E-state index contributed by atoms with van der Waals surface area (Å²) < 4.78 is 70.8. The molecule has 0 atom stereocenters. The summed E-state index contributed by atoms with van der Waals surface area (Å²) in [5.74, 6) is -0.888. The maximum Gasteiger partial charge on any atom is 0.407 e. The molecule has 3 aromatic rings. The average Bonchev–Trinajstić information content (AvgIpc) is 3.71. The highest BCUT2D eigenvalue weighted by atomic mass is 16.7. The fourth-order valence-corrected chi connectivity index (χ4v) is 5.70. The summed E-state index contributed by atoms with van der Waals surface area (Å²) >= 11 is 0. The molecule has 0 aliphatic carbocycles. The van der Waals surface area contributed by atoms with E-state index in [9.17, 15) is 19.2 Å². The quantitative estimate of drug-likeness (QED) is 0.0627. The Morgan fingerprint density at radius 1 is 0.437 bits per heavy atom. The van der Waals surface area contributed by atoms with Crippen LogP contribution in [0.5, 0.6) is 0 Å². The lowest BCUT2D eigenvalue weighted by Gasteiger charge is -2.12. The molecule has 394 valence electrons. The summed E-state index contributed by atoms with van der Waals surface area (Å²) in [6.07, 6.45) is -0.520. The van der Waals surface area contributed by atoms with E-state index in [0.29, 0.717) is 169 Å². The van der Waals surface area contributed by atoms with Crippen LogP contribution in [0.3, 0.4) is 0 Å². The van der Waals surface area contributed by atoms with Gasteiger partial charge < -0.3 is 71.7 Å². The first-order valence-electron chi connectivity index (χ1n) is 23.6. The minimum Gasteiger partial charge on any atom is -0.445 e. The third-order valence-corrected chi connectivity index (χ3v) is 9.35. The molecule has 0 bridgehead atoms. The van der Waals surface area contributed by atoms with Gasteiger partial charge in [0.15, 0.2) is 0 Å². The number of rotatable bonds is 44. The summed E-state index contributed by atoms with van der Waals surface area (Å²) in [5, 5.41) is 19.9. The third-order valence-electron chi connectivity index (χ3n) is 9.35. The van der Waals surface area contributed by atoms with Crippen LogP contribution in [0, 0.1) is 0 Å². The molecule has 1 fully saturated rings. The van der Waals surface area contributed by atoms with E-state index in [-0.39, 0.29) is 39.1 Å². The maximum atomic E-state index is 12.1. The van der Waals surface area contributed by atoms with Gasteiger partial charge in [0.05, 0.1) is 165 Å². The highest BCUT2D eigenvalue weighted by Gasteiger charge is 2.32. The molecule has 1 N–H and O–H groups in total. The molecule has 0 saturated carbocycles. The smallest absolute Gasteiger partial charge is 0.407 e. The van der Waals surface area contributed by atoms with E-state index in [0.717, 1.165) is 16.7 Å². The number of hydrogen-bond acceptors (Lipinski definition) is 22. The second kappa shape index (κ2) is 39.4. The van der Waals surface area contributed by atoms with Crippen molar-refractivity contribution < 1.29 is 85.6 Å². The Kier molecular flexibility index (Phi) is 32.4. The van der Waals surface area contributed by atoms with Crippen molar-refractivity contribution in [1.82, 2.24) is 30.8 Å². The van der Waals surface area contributed by atoms with Crippen molar-refractivity contribution >= 4 is 23.9 Å². The van der Waals surface area contributed by atoms with Gasteiger partial charge in [-0.2, -0.15) is 0 Å². The number of amides is 3. The summed E-state index contributed by atoms with van der Waals surface area (Å²) in [7, 11) is 0. The van der Waals surface area contributed by atoms with Crippen LogP contribution in [0.1, 0.15) is 24.8 Å². The lowest BCUT2D eigenvalue weighted by molar-refractivity contribution is -0.198. The number of benzene rings is 2. The topological polar surface area (TPSA) is 264 Å². The highest BCUT2D eigenvalue weighted by Crippen LogP contribution is 2.17. The second-order valence-corrected chi connectivity index (χ2v) is 14.8. The Morgan fingerprint density at radius 2 is 0.775 bits per heavy atom. The maximum absolute atomic E-state index is 12.1. The molecule has 3 amide bonds. The molecule has 24 heteroatoms. The molecular weight excluding hydrogens is 937 g/mol. The van der Waals surface area contributed by atoms with E-state index < -0.39 is 23.9 Å². The predicted molar refractivity (Wildman–Crippen MR) is 248 cm³/mol. The largest absolute Gasteiger partial charge is 0.445 e. The van der Waals surface area contributed by atoms with Gasteiger partial charge in [-0.1, -0.05) is 54.6 Å². The van der Waals surface area contributed by atoms with Crippen molar-refractivity contribution in [2.45, 2.75) is 25.9 Å². The van der Waals surface area contributed by atoms with Crippen LogP contribution in [0.25, 0.3) is 22.8 Å². The zero-order valence-corrected chi connectivity index (χ0v) is 40.3. The number of hydroxylamine groups is 2. The van der Waals surface area contributed by atoms with Crippen LogP contribution in [0.4, 0.5) is 4.79 Å². The average molecular weight is 1010 g/mol. The molecule has 0 radical (unpaired) electrons. The number of ether oxygens (including phenoxy) is 13. The van der Waals surface area contributed by atoms with E-state index in [4.69, 9.17) is 66.4 Å². The van der Waals surface area contributed by atoms with Gasteiger partial charge in [-0.05, 0) is 5.56 Å². The molecule has 71 heavy (non-hydrogen) atoms. The van der Waals surface area contributed by atoms with Crippen molar-refractivity contribution in [3.05, 3.63) is 60.2 Å². The first kappa shape index (κ1) is 58.4. The van der Waals surface area contributed by atoms with Gasteiger partial charge in [0.1, 0.15) is 6.61 Å². The summed E-state index contributed by atoms with van der Waals surface area (Å²) in [6.45, 7) is 10.1. The molecule has 1 aliphatic rings. The second-order valence-electron chi connectivity index (χ2n) is 14.8. The summed E-state index contributed by atoms with van der Waals surface area (Å²) in [4.78, 5) is 51.4. The molecule has 1 aromatic heterocycles.